The minimum Gasteiger partial charge on any atom is -0.308 e. The van der Waals surface area contributed by atoms with Crippen molar-refractivity contribution in [2.45, 2.75) is 37.6 Å². The van der Waals surface area contributed by atoms with Crippen LogP contribution in [0.4, 0.5) is 0 Å². The Morgan fingerprint density at radius 1 is 0.846 bits per heavy atom. The number of benzene rings is 2. The van der Waals surface area contributed by atoms with Gasteiger partial charge in [-0.2, -0.15) is 4.31 Å². The van der Waals surface area contributed by atoms with Gasteiger partial charge in [0.25, 0.3) is 0 Å². The van der Waals surface area contributed by atoms with Crippen molar-refractivity contribution in [2.24, 2.45) is 0 Å². The van der Waals surface area contributed by atoms with Gasteiger partial charge >= 0.3 is 0 Å². The first-order valence-corrected chi connectivity index (χ1v) is 10.3. The van der Waals surface area contributed by atoms with Gasteiger partial charge in [0.15, 0.2) is 0 Å². The van der Waals surface area contributed by atoms with Crippen LogP contribution in [0.5, 0.6) is 0 Å². The van der Waals surface area contributed by atoms with Crippen molar-refractivity contribution >= 4 is 10.0 Å². The van der Waals surface area contributed by atoms with Gasteiger partial charge in [0, 0.05) is 19.6 Å². The van der Waals surface area contributed by atoms with Gasteiger partial charge in [-0.1, -0.05) is 63.2 Å². The summed E-state index contributed by atoms with van der Waals surface area (Å²) in [7, 11) is 0.349. The van der Waals surface area contributed by atoms with Crippen molar-refractivity contribution < 1.29 is 8.42 Å². The van der Waals surface area contributed by atoms with E-state index in [4.69, 9.17) is 0 Å². The standard InChI is InChI=1S/C21H30N2O2S/c1-21(2,3)19-11-13-20(14-12-19)26(24,25)23(16-15-22(4)5)17-18-9-7-6-8-10-18/h6-14H,15-17H2,1-5H3. The van der Waals surface area contributed by atoms with Gasteiger partial charge in [-0.25, -0.2) is 8.42 Å². The molecule has 0 unspecified atom stereocenters. The summed E-state index contributed by atoms with van der Waals surface area (Å²) in [5, 5.41) is 0. The molecule has 2 aromatic carbocycles. The number of hydrogen-bond donors (Lipinski definition) is 0. The zero-order valence-corrected chi connectivity index (χ0v) is 17.3. The Bertz CT molecular complexity index is 792. The monoisotopic (exact) mass is 374 g/mol. The van der Waals surface area contributed by atoms with Gasteiger partial charge in [0.2, 0.25) is 10.0 Å². The third kappa shape index (κ3) is 5.40. The second-order valence-electron chi connectivity index (χ2n) is 7.90. The van der Waals surface area contributed by atoms with Gasteiger partial charge in [-0.15, -0.1) is 0 Å². The third-order valence-electron chi connectivity index (χ3n) is 4.36. The zero-order valence-electron chi connectivity index (χ0n) is 16.4. The van der Waals surface area contributed by atoms with Crippen molar-refractivity contribution in [3.63, 3.8) is 0 Å². The molecule has 0 saturated carbocycles. The summed E-state index contributed by atoms with van der Waals surface area (Å²) in [5.74, 6) is 0. The fourth-order valence-electron chi connectivity index (χ4n) is 2.66. The van der Waals surface area contributed by atoms with E-state index in [1.165, 1.54) is 0 Å². The molecule has 26 heavy (non-hydrogen) atoms. The molecule has 4 nitrogen and oxygen atoms in total. The number of rotatable bonds is 7. The molecule has 0 spiro atoms. The maximum absolute atomic E-state index is 13.2. The fraction of sp³-hybridized carbons (Fsp3) is 0.429. The lowest BCUT2D eigenvalue weighted by Gasteiger charge is -2.25. The predicted octanol–water partition coefficient (Wildman–Crippen LogP) is 3.74. The smallest absolute Gasteiger partial charge is 0.243 e. The summed E-state index contributed by atoms with van der Waals surface area (Å²) in [5.41, 5.74) is 2.11. The van der Waals surface area contributed by atoms with Gasteiger partial charge in [0.1, 0.15) is 0 Å². The molecular formula is C21H30N2O2S. The molecule has 0 aliphatic heterocycles. The van der Waals surface area contributed by atoms with Crippen LogP contribution < -0.4 is 0 Å². The topological polar surface area (TPSA) is 40.6 Å². The molecule has 2 rings (SSSR count). The van der Waals surface area contributed by atoms with E-state index in [1.807, 2.05) is 61.5 Å². The Kier molecular flexibility index (Phi) is 6.61. The molecule has 0 saturated heterocycles. The molecule has 2 aromatic rings. The summed E-state index contributed by atoms with van der Waals surface area (Å²) in [6.07, 6.45) is 0. The fourth-order valence-corrected chi connectivity index (χ4v) is 4.08. The quantitative estimate of drug-likeness (QED) is 0.741. The molecule has 0 aliphatic carbocycles. The van der Waals surface area contributed by atoms with E-state index in [-0.39, 0.29) is 5.41 Å². The average Bonchev–Trinajstić information content (AvgIpc) is 2.58. The second kappa shape index (κ2) is 8.33. The highest BCUT2D eigenvalue weighted by atomic mass is 32.2. The van der Waals surface area contributed by atoms with E-state index in [1.54, 1.807) is 16.4 Å². The van der Waals surface area contributed by atoms with Crippen molar-refractivity contribution in [1.82, 2.24) is 9.21 Å². The predicted molar refractivity (Wildman–Crippen MR) is 108 cm³/mol. The van der Waals surface area contributed by atoms with Crippen LogP contribution in [-0.2, 0) is 22.0 Å². The van der Waals surface area contributed by atoms with Gasteiger partial charge < -0.3 is 4.90 Å². The molecule has 0 fully saturated rings. The Balaban J connectivity index is 2.31. The average molecular weight is 375 g/mol. The van der Waals surface area contributed by atoms with Crippen molar-refractivity contribution in [3.8, 4) is 0 Å². The maximum atomic E-state index is 13.2. The van der Waals surface area contributed by atoms with Crippen molar-refractivity contribution in [3.05, 3.63) is 65.7 Å². The second-order valence-corrected chi connectivity index (χ2v) is 9.84. The lowest BCUT2D eigenvalue weighted by molar-refractivity contribution is 0.329. The summed E-state index contributed by atoms with van der Waals surface area (Å²) in [6.45, 7) is 7.86. The first-order chi connectivity index (χ1) is 12.1. The molecule has 0 heterocycles. The molecule has 0 radical (unpaired) electrons. The first kappa shape index (κ1) is 20.6. The molecule has 0 aromatic heterocycles. The molecule has 0 N–H and O–H groups in total. The summed E-state index contributed by atoms with van der Waals surface area (Å²) in [6, 6.07) is 17.0. The highest BCUT2D eigenvalue weighted by Gasteiger charge is 2.25. The largest absolute Gasteiger partial charge is 0.308 e. The maximum Gasteiger partial charge on any atom is 0.243 e. The van der Waals surface area contributed by atoms with Crippen molar-refractivity contribution in [2.75, 3.05) is 27.2 Å². The van der Waals surface area contributed by atoms with E-state index in [0.717, 1.165) is 11.1 Å². The number of sulfonamides is 1. The molecule has 0 atom stereocenters. The van der Waals surface area contributed by atoms with E-state index in [2.05, 4.69) is 20.8 Å². The van der Waals surface area contributed by atoms with Crippen LogP contribution in [0.25, 0.3) is 0 Å². The summed E-state index contributed by atoms with van der Waals surface area (Å²) < 4.78 is 28.0. The lowest BCUT2D eigenvalue weighted by atomic mass is 9.87. The molecule has 0 bridgehead atoms. The number of hydrogen-bond acceptors (Lipinski definition) is 3. The number of likely N-dealkylation sites (N-methyl/N-ethyl adjacent to an activating group) is 1. The van der Waals surface area contributed by atoms with Crippen LogP contribution in [0.2, 0.25) is 0 Å². The highest BCUT2D eigenvalue weighted by molar-refractivity contribution is 7.89. The normalized spacial score (nSPS) is 12.7. The van der Waals surface area contributed by atoms with Crippen LogP contribution in [0.3, 0.4) is 0 Å². The third-order valence-corrected chi connectivity index (χ3v) is 6.22. The Morgan fingerprint density at radius 2 is 1.42 bits per heavy atom. The Hall–Kier alpha value is -1.69. The van der Waals surface area contributed by atoms with E-state index in [0.29, 0.717) is 24.5 Å². The molecule has 0 aliphatic rings. The van der Waals surface area contributed by atoms with Gasteiger partial charge in [-0.3, -0.25) is 0 Å². The molecule has 5 heteroatoms. The molecular weight excluding hydrogens is 344 g/mol. The zero-order chi connectivity index (χ0) is 19.4. The highest BCUT2D eigenvalue weighted by Crippen LogP contribution is 2.25. The molecule has 142 valence electrons. The summed E-state index contributed by atoms with van der Waals surface area (Å²) >= 11 is 0. The van der Waals surface area contributed by atoms with Crippen LogP contribution in [-0.4, -0.2) is 44.8 Å². The minimum absolute atomic E-state index is 0.00304. The SMILES string of the molecule is CN(C)CCN(Cc1ccccc1)S(=O)(=O)c1ccc(C(C)(C)C)cc1. The molecule has 0 amide bonds. The van der Waals surface area contributed by atoms with Crippen molar-refractivity contribution in [1.29, 1.82) is 0 Å². The number of nitrogens with zero attached hydrogens (tertiary/aromatic N) is 2. The minimum atomic E-state index is -3.55. The van der Waals surface area contributed by atoms with Gasteiger partial charge in [-0.05, 0) is 42.8 Å². The Morgan fingerprint density at radius 3 is 1.92 bits per heavy atom. The van der Waals surface area contributed by atoms with Gasteiger partial charge in [0.05, 0.1) is 4.90 Å². The Labute approximate surface area is 158 Å². The summed E-state index contributed by atoms with van der Waals surface area (Å²) in [4.78, 5) is 2.34. The van der Waals surface area contributed by atoms with E-state index in [9.17, 15) is 8.42 Å². The van der Waals surface area contributed by atoms with E-state index < -0.39 is 10.0 Å². The lowest BCUT2D eigenvalue weighted by Crippen LogP contribution is -2.36. The van der Waals surface area contributed by atoms with Crippen LogP contribution >= 0.6 is 0 Å². The van der Waals surface area contributed by atoms with Crippen LogP contribution in [0, 0.1) is 0 Å². The van der Waals surface area contributed by atoms with Crippen LogP contribution in [0.15, 0.2) is 59.5 Å². The van der Waals surface area contributed by atoms with E-state index >= 15 is 0 Å². The first-order valence-electron chi connectivity index (χ1n) is 8.90. The van der Waals surface area contributed by atoms with Crippen LogP contribution in [0.1, 0.15) is 31.9 Å².